The maximum absolute atomic E-state index is 13.7. The van der Waals surface area contributed by atoms with E-state index in [9.17, 15) is 24.3 Å². The first-order valence-corrected chi connectivity index (χ1v) is 12.7. The molecule has 0 bridgehead atoms. The summed E-state index contributed by atoms with van der Waals surface area (Å²) in [5.41, 5.74) is 0.211. The van der Waals surface area contributed by atoms with Gasteiger partial charge in [0.25, 0.3) is 0 Å². The van der Waals surface area contributed by atoms with Gasteiger partial charge in [-0.2, -0.15) is 11.8 Å². The lowest BCUT2D eigenvalue weighted by Gasteiger charge is -2.33. The van der Waals surface area contributed by atoms with Gasteiger partial charge in [-0.25, -0.2) is 4.79 Å². The fraction of sp³-hybridized carbons (Fsp3) is 0.583. The SMILES string of the molecule is CCN(C(=O)C(CCSC)NC(=O)OC(C)(C)C)C(C(=O)NCC(=O)OC)c1ccc(O)c(C)c1. The van der Waals surface area contributed by atoms with Crippen LogP contribution in [0.15, 0.2) is 18.2 Å². The van der Waals surface area contributed by atoms with Gasteiger partial charge in [0.05, 0.1) is 7.11 Å². The number of nitrogens with one attached hydrogen (secondary N) is 2. The molecule has 196 valence electrons. The van der Waals surface area contributed by atoms with Gasteiger partial charge >= 0.3 is 12.1 Å². The van der Waals surface area contributed by atoms with Gasteiger partial charge in [0.2, 0.25) is 11.8 Å². The van der Waals surface area contributed by atoms with E-state index in [1.165, 1.54) is 29.8 Å². The Bertz CT molecular complexity index is 902. The van der Waals surface area contributed by atoms with Crippen LogP contribution >= 0.6 is 11.8 Å². The molecule has 0 fully saturated rings. The maximum Gasteiger partial charge on any atom is 0.408 e. The number of aryl methyl sites for hydroxylation is 1. The molecule has 2 unspecified atom stereocenters. The highest BCUT2D eigenvalue weighted by molar-refractivity contribution is 7.98. The molecule has 35 heavy (non-hydrogen) atoms. The van der Waals surface area contributed by atoms with Gasteiger partial charge in [-0.05, 0) is 76.3 Å². The van der Waals surface area contributed by atoms with Gasteiger partial charge in [0.1, 0.15) is 30.0 Å². The highest BCUT2D eigenvalue weighted by atomic mass is 32.2. The van der Waals surface area contributed by atoms with Crippen molar-refractivity contribution in [2.45, 2.75) is 58.7 Å². The van der Waals surface area contributed by atoms with Crippen molar-refractivity contribution >= 4 is 35.6 Å². The second kappa shape index (κ2) is 13.8. The Morgan fingerprint density at radius 1 is 1.20 bits per heavy atom. The van der Waals surface area contributed by atoms with E-state index < -0.39 is 41.6 Å². The number of rotatable bonds is 11. The van der Waals surface area contributed by atoms with E-state index in [0.29, 0.717) is 23.3 Å². The van der Waals surface area contributed by atoms with Crippen LogP contribution in [-0.4, -0.2) is 77.7 Å². The molecular formula is C24H37N3O7S. The molecule has 1 aromatic carbocycles. The molecule has 1 aromatic rings. The summed E-state index contributed by atoms with van der Waals surface area (Å²) in [6, 6.07) is 2.53. The molecule has 0 saturated carbocycles. The lowest BCUT2D eigenvalue weighted by molar-refractivity contribution is -0.144. The summed E-state index contributed by atoms with van der Waals surface area (Å²) in [6.07, 6.45) is 1.47. The highest BCUT2D eigenvalue weighted by Gasteiger charge is 2.35. The molecule has 0 spiro atoms. The third-order valence-corrected chi connectivity index (χ3v) is 5.60. The maximum atomic E-state index is 13.7. The number of hydrogen-bond donors (Lipinski definition) is 3. The molecular weight excluding hydrogens is 474 g/mol. The zero-order valence-corrected chi connectivity index (χ0v) is 22.3. The third kappa shape index (κ3) is 9.67. The Morgan fingerprint density at radius 3 is 2.37 bits per heavy atom. The number of benzene rings is 1. The number of methoxy groups -OCH3 is 1. The first-order chi connectivity index (χ1) is 16.3. The van der Waals surface area contributed by atoms with Crippen LogP contribution in [0.2, 0.25) is 0 Å². The molecule has 10 nitrogen and oxygen atoms in total. The first kappa shape index (κ1) is 30.1. The number of thioether (sulfide) groups is 1. The number of esters is 1. The average Bonchev–Trinajstić information content (AvgIpc) is 2.78. The van der Waals surface area contributed by atoms with Crippen LogP contribution in [-0.2, 0) is 23.9 Å². The third-order valence-electron chi connectivity index (χ3n) is 4.95. The molecule has 0 aliphatic rings. The normalized spacial score (nSPS) is 12.8. The topological polar surface area (TPSA) is 134 Å². The van der Waals surface area contributed by atoms with Gasteiger partial charge in [-0.1, -0.05) is 6.07 Å². The highest BCUT2D eigenvalue weighted by Crippen LogP contribution is 2.27. The predicted molar refractivity (Wildman–Crippen MR) is 134 cm³/mol. The first-order valence-electron chi connectivity index (χ1n) is 11.3. The van der Waals surface area contributed by atoms with Crippen molar-refractivity contribution in [1.82, 2.24) is 15.5 Å². The van der Waals surface area contributed by atoms with Crippen molar-refractivity contribution in [2.24, 2.45) is 0 Å². The largest absolute Gasteiger partial charge is 0.508 e. The van der Waals surface area contributed by atoms with E-state index >= 15 is 0 Å². The number of ether oxygens (including phenoxy) is 2. The van der Waals surface area contributed by atoms with Crippen molar-refractivity contribution in [3.63, 3.8) is 0 Å². The van der Waals surface area contributed by atoms with Gasteiger partial charge in [-0.15, -0.1) is 0 Å². The van der Waals surface area contributed by atoms with Crippen LogP contribution in [0.5, 0.6) is 5.75 Å². The van der Waals surface area contributed by atoms with Crippen molar-refractivity contribution in [2.75, 3.05) is 32.2 Å². The molecule has 1 rings (SSSR count). The Kier molecular flexibility index (Phi) is 11.9. The molecule has 0 aliphatic carbocycles. The number of alkyl carbamates (subject to hydrolysis) is 1. The summed E-state index contributed by atoms with van der Waals surface area (Å²) >= 11 is 1.51. The van der Waals surface area contributed by atoms with Gasteiger partial charge < -0.3 is 30.1 Å². The molecule has 0 saturated heterocycles. The Labute approximate surface area is 211 Å². The smallest absolute Gasteiger partial charge is 0.408 e. The van der Waals surface area contributed by atoms with Crippen LogP contribution in [0.1, 0.15) is 51.3 Å². The lowest BCUT2D eigenvalue weighted by Crippen LogP contribution is -2.53. The monoisotopic (exact) mass is 511 g/mol. The fourth-order valence-corrected chi connectivity index (χ4v) is 3.73. The second-order valence-electron chi connectivity index (χ2n) is 8.85. The van der Waals surface area contributed by atoms with Crippen molar-refractivity contribution in [1.29, 1.82) is 0 Å². The van der Waals surface area contributed by atoms with E-state index in [1.807, 2.05) is 6.26 Å². The van der Waals surface area contributed by atoms with Gasteiger partial charge in [0.15, 0.2) is 0 Å². The van der Waals surface area contributed by atoms with E-state index in [-0.39, 0.29) is 18.8 Å². The minimum atomic E-state index is -1.12. The molecule has 3 amide bonds. The number of amides is 3. The Morgan fingerprint density at radius 2 is 1.86 bits per heavy atom. The van der Waals surface area contributed by atoms with Crippen LogP contribution in [0.3, 0.4) is 0 Å². The van der Waals surface area contributed by atoms with Gasteiger partial charge in [-0.3, -0.25) is 14.4 Å². The van der Waals surface area contributed by atoms with Crippen LogP contribution in [0, 0.1) is 6.92 Å². The summed E-state index contributed by atoms with van der Waals surface area (Å²) in [5, 5.41) is 15.1. The number of aromatic hydroxyl groups is 1. The molecule has 2 atom stereocenters. The summed E-state index contributed by atoms with van der Waals surface area (Å²) in [5.74, 6) is -1.09. The quantitative estimate of drug-likeness (QED) is 0.386. The summed E-state index contributed by atoms with van der Waals surface area (Å²) in [7, 11) is 1.20. The Balaban J connectivity index is 3.36. The van der Waals surface area contributed by atoms with Crippen LogP contribution in [0.4, 0.5) is 4.79 Å². The van der Waals surface area contributed by atoms with E-state index in [4.69, 9.17) is 4.74 Å². The summed E-state index contributed by atoms with van der Waals surface area (Å²) in [4.78, 5) is 52.3. The molecule has 0 aromatic heterocycles. The van der Waals surface area contributed by atoms with E-state index in [1.54, 1.807) is 46.8 Å². The zero-order chi connectivity index (χ0) is 26.8. The van der Waals surface area contributed by atoms with E-state index in [2.05, 4.69) is 15.4 Å². The summed E-state index contributed by atoms with van der Waals surface area (Å²) in [6.45, 7) is 8.31. The second-order valence-corrected chi connectivity index (χ2v) is 9.83. The van der Waals surface area contributed by atoms with Crippen molar-refractivity contribution in [3.05, 3.63) is 29.3 Å². The molecule has 0 radical (unpaired) electrons. The number of carbonyl (C=O) groups is 4. The summed E-state index contributed by atoms with van der Waals surface area (Å²) < 4.78 is 9.91. The van der Waals surface area contributed by atoms with Gasteiger partial charge in [0, 0.05) is 6.54 Å². The molecule has 11 heteroatoms. The van der Waals surface area contributed by atoms with Crippen LogP contribution < -0.4 is 10.6 Å². The number of hydrogen-bond acceptors (Lipinski definition) is 8. The molecule has 0 aliphatic heterocycles. The molecule has 3 N–H and O–H groups in total. The number of likely N-dealkylation sites (N-methyl/N-ethyl adjacent to an activating group) is 1. The number of nitrogens with zero attached hydrogens (tertiary/aromatic N) is 1. The van der Waals surface area contributed by atoms with Crippen LogP contribution in [0.25, 0.3) is 0 Å². The average molecular weight is 512 g/mol. The minimum absolute atomic E-state index is 0.0429. The number of carbonyl (C=O) groups excluding carboxylic acids is 4. The fourth-order valence-electron chi connectivity index (χ4n) is 3.26. The number of phenolic OH excluding ortho intramolecular Hbond substituents is 1. The zero-order valence-electron chi connectivity index (χ0n) is 21.5. The number of phenols is 1. The van der Waals surface area contributed by atoms with Crippen molar-refractivity contribution < 1.29 is 33.8 Å². The van der Waals surface area contributed by atoms with E-state index in [0.717, 1.165) is 0 Å². The molecule has 0 heterocycles. The standard InChI is InChI=1S/C24H37N3O7S/c1-8-27(22(31)17(11-12-35-7)26-23(32)34-24(3,4)5)20(21(30)25-14-19(29)33-6)16-9-10-18(28)15(2)13-16/h9-10,13,17,20,28H,8,11-12,14H2,1-7H3,(H,25,30)(H,26,32). The lowest BCUT2D eigenvalue weighted by atomic mass is 10.00. The predicted octanol–water partition coefficient (Wildman–Crippen LogP) is 2.53. The van der Waals surface area contributed by atoms with Crippen molar-refractivity contribution in [3.8, 4) is 5.75 Å². The Hall–Kier alpha value is -2.95. The minimum Gasteiger partial charge on any atom is -0.508 e.